The molecule has 1 aromatic carbocycles. The Balaban J connectivity index is 1.67. The molecular weight excluding hydrogens is 330 g/mol. The Morgan fingerprint density at radius 2 is 1.77 bits per heavy atom. The quantitative estimate of drug-likeness (QED) is 0.632. The van der Waals surface area contributed by atoms with Crippen molar-refractivity contribution >= 4 is 29.3 Å². The van der Waals surface area contributed by atoms with Gasteiger partial charge in [0.15, 0.2) is 0 Å². The third-order valence-electron chi connectivity index (χ3n) is 4.24. The largest absolute Gasteiger partial charge is 0.461 e. The smallest absolute Gasteiger partial charge is 0.266 e. The first-order valence-electron chi connectivity index (χ1n) is 8.37. The summed E-state index contributed by atoms with van der Waals surface area (Å²) in [6.45, 7) is 3.58. The number of furan rings is 1. The number of carbonyl (C=O) groups is 2. The molecule has 0 saturated heterocycles. The van der Waals surface area contributed by atoms with E-state index in [1.807, 2.05) is 12.1 Å². The molecule has 2 aromatic rings. The first-order valence-corrected chi connectivity index (χ1v) is 8.37. The van der Waals surface area contributed by atoms with Crippen molar-refractivity contribution in [3.05, 3.63) is 53.5 Å². The van der Waals surface area contributed by atoms with Gasteiger partial charge in [-0.05, 0) is 48.7 Å². The van der Waals surface area contributed by atoms with E-state index in [0.717, 1.165) is 12.2 Å². The third-order valence-corrected chi connectivity index (χ3v) is 4.24. The van der Waals surface area contributed by atoms with Crippen LogP contribution in [0.15, 0.2) is 46.4 Å². The van der Waals surface area contributed by atoms with Crippen LogP contribution in [0.1, 0.15) is 37.7 Å². The molecule has 6 heteroatoms. The first-order chi connectivity index (χ1) is 12.5. The lowest BCUT2D eigenvalue weighted by molar-refractivity contribution is -0.114. The Bertz CT molecular complexity index is 903. The zero-order chi connectivity index (χ0) is 18.7. The van der Waals surface area contributed by atoms with Gasteiger partial charge >= 0.3 is 0 Å². The van der Waals surface area contributed by atoms with Crippen LogP contribution in [0.25, 0.3) is 6.08 Å². The lowest BCUT2D eigenvalue weighted by Gasteiger charge is -2.06. The summed E-state index contributed by atoms with van der Waals surface area (Å²) >= 11 is 0. The highest BCUT2D eigenvalue weighted by atomic mass is 16.3. The SMILES string of the molecule is CC(=O)Nc1ccc(NC(=O)/C(C#N)=C/c2ccc([C@@H]3C[C@H]3C)o2)cc1. The molecule has 0 bridgehead atoms. The Morgan fingerprint density at radius 1 is 1.15 bits per heavy atom. The zero-order valence-electron chi connectivity index (χ0n) is 14.6. The molecule has 1 aromatic heterocycles. The standard InChI is InChI=1S/C20H19N3O3/c1-12-9-18(12)19-8-7-17(26-19)10-14(11-21)20(25)23-16-5-3-15(4-6-16)22-13(2)24/h3-8,10,12,18H,9H2,1-2H3,(H,22,24)(H,23,25)/b14-10+/t12-,18-/m1/s1. The Kier molecular flexibility index (Phi) is 4.90. The van der Waals surface area contributed by atoms with Crippen LogP contribution in [0.4, 0.5) is 11.4 Å². The van der Waals surface area contributed by atoms with Gasteiger partial charge in [0, 0.05) is 30.3 Å². The molecule has 2 atom stereocenters. The number of amides is 2. The highest BCUT2D eigenvalue weighted by Crippen LogP contribution is 2.47. The molecule has 1 aliphatic carbocycles. The van der Waals surface area contributed by atoms with Crippen LogP contribution < -0.4 is 10.6 Å². The highest BCUT2D eigenvalue weighted by molar-refractivity contribution is 6.09. The maximum Gasteiger partial charge on any atom is 0.266 e. The summed E-state index contributed by atoms with van der Waals surface area (Å²) < 4.78 is 5.72. The maximum absolute atomic E-state index is 12.3. The van der Waals surface area contributed by atoms with E-state index in [-0.39, 0.29) is 11.5 Å². The topological polar surface area (TPSA) is 95.1 Å². The molecule has 0 spiro atoms. The van der Waals surface area contributed by atoms with Crippen molar-refractivity contribution in [2.45, 2.75) is 26.2 Å². The minimum Gasteiger partial charge on any atom is -0.461 e. The lowest BCUT2D eigenvalue weighted by atomic mass is 10.2. The van der Waals surface area contributed by atoms with Crippen LogP contribution in [0.3, 0.4) is 0 Å². The second-order valence-corrected chi connectivity index (χ2v) is 6.44. The fourth-order valence-corrected chi connectivity index (χ4v) is 2.69. The van der Waals surface area contributed by atoms with Crippen molar-refractivity contribution in [1.29, 1.82) is 5.26 Å². The van der Waals surface area contributed by atoms with Crippen molar-refractivity contribution in [3.8, 4) is 6.07 Å². The number of nitriles is 1. The molecule has 1 fully saturated rings. The maximum atomic E-state index is 12.3. The number of anilines is 2. The molecule has 1 heterocycles. The monoisotopic (exact) mass is 349 g/mol. The van der Waals surface area contributed by atoms with Crippen molar-refractivity contribution in [1.82, 2.24) is 0 Å². The van der Waals surface area contributed by atoms with Gasteiger partial charge in [0.2, 0.25) is 5.91 Å². The highest BCUT2D eigenvalue weighted by Gasteiger charge is 2.36. The van der Waals surface area contributed by atoms with Crippen molar-refractivity contribution in [3.63, 3.8) is 0 Å². The predicted molar refractivity (Wildman–Crippen MR) is 98.2 cm³/mol. The summed E-state index contributed by atoms with van der Waals surface area (Å²) in [5, 5.41) is 14.6. The molecule has 3 rings (SSSR count). The zero-order valence-corrected chi connectivity index (χ0v) is 14.6. The lowest BCUT2D eigenvalue weighted by Crippen LogP contribution is -2.13. The van der Waals surface area contributed by atoms with Gasteiger partial charge in [0.05, 0.1) is 0 Å². The molecular formula is C20H19N3O3. The summed E-state index contributed by atoms with van der Waals surface area (Å²) in [5.41, 5.74) is 1.11. The molecule has 1 aliphatic rings. The molecule has 6 nitrogen and oxygen atoms in total. The van der Waals surface area contributed by atoms with E-state index in [9.17, 15) is 14.9 Å². The summed E-state index contributed by atoms with van der Waals surface area (Å²) in [4.78, 5) is 23.3. The molecule has 1 saturated carbocycles. The minimum atomic E-state index is -0.516. The van der Waals surface area contributed by atoms with Crippen LogP contribution in [-0.4, -0.2) is 11.8 Å². The average Bonchev–Trinajstić information content (AvgIpc) is 3.15. The molecule has 0 radical (unpaired) electrons. The Labute approximate surface area is 151 Å². The van der Waals surface area contributed by atoms with E-state index in [1.165, 1.54) is 13.0 Å². The van der Waals surface area contributed by atoms with E-state index in [4.69, 9.17) is 4.42 Å². The normalized spacial score (nSPS) is 18.7. The van der Waals surface area contributed by atoms with Crippen molar-refractivity contribution < 1.29 is 14.0 Å². The van der Waals surface area contributed by atoms with E-state index in [1.54, 1.807) is 30.3 Å². The Hall–Kier alpha value is -3.33. The van der Waals surface area contributed by atoms with Gasteiger partial charge in [0.1, 0.15) is 23.2 Å². The second kappa shape index (κ2) is 7.28. The molecule has 2 amide bonds. The van der Waals surface area contributed by atoms with Crippen molar-refractivity contribution in [2.24, 2.45) is 5.92 Å². The van der Waals surface area contributed by atoms with Crippen LogP contribution in [0.5, 0.6) is 0 Å². The number of hydrogen-bond donors (Lipinski definition) is 2. The van der Waals surface area contributed by atoms with Crippen LogP contribution in [0.2, 0.25) is 0 Å². The Morgan fingerprint density at radius 3 is 2.31 bits per heavy atom. The van der Waals surface area contributed by atoms with E-state index < -0.39 is 5.91 Å². The van der Waals surface area contributed by atoms with Gasteiger partial charge < -0.3 is 15.1 Å². The number of nitrogens with one attached hydrogen (secondary N) is 2. The summed E-state index contributed by atoms with van der Waals surface area (Å²) in [6, 6.07) is 12.2. The van der Waals surface area contributed by atoms with Gasteiger partial charge in [-0.1, -0.05) is 6.92 Å². The molecule has 0 unspecified atom stereocenters. The van der Waals surface area contributed by atoms with Gasteiger partial charge in [-0.3, -0.25) is 9.59 Å². The fourth-order valence-electron chi connectivity index (χ4n) is 2.69. The number of carbonyl (C=O) groups excluding carboxylic acids is 2. The fraction of sp³-hybridized carbons (Fsp3) is 0.250. The molecule has 2 N–H and O–H groups in total. The van der Waals surface area contributed by atoms with Gasteiger partial charge in [-0.15, -0.1) is 0 Å². The first kappa shape index (κ1) is 17.5. The van der Waals surface area contributed by atoms with Crippen LogP contribution in [0, 0.1) is 17.2 Å². The third kappa shape index (κ3) is 4.19. The number of hydrogen-bond acceptors (Lipinski definition) is 4. The van der Waals surface area contributed by atoms with E-state index >= 15 is 0 Å². The predicted octanol–water partition coefficient (Wildman–Crippen LogP) is 3.91. The average molecular weight is 349 g/mol. The number of benzene rings is 1. The molecule has 0 aliphatic heterocycles. The second-order valence-electron chi connectivity index (χ2n) is 6.44. The minimum absolute atomic E-state index is 0.0410. The van der Waals surface area contributed by atoms with Crippen LogP contribution >= 0.6 is 0 Å². The summed E-state index contributed by atoms with van der Waals surface area (Å²) in [5.74, 6) is 1.77. The molecule has 26 heavy (non-hydrogen) atoms. The number of rotatable bonds is 5. The van der Waals surface area contributed by atoms with Gasteiger partial charge in [-0.2, -0.15) is 5.26 Å². The number of nitrogens with zero attached hydrogens (tertiary/aromatic N) is 1. The molecule has 132 valence electrons. The van der Waals surface area contributed by atoms with Gasteiger partial charge in [-0.25, -0.2) is 0 Å². The summed E-state index contributed by atoms with van der Waals surface area (Å²) in [6.07, 6.45) is 2.55. The summed E-state index contributed by atoms with van der Waals surface area (Å²) in [7, 11) is 0. The van der Waals surface area contributed by atoms with E-state index in [0.29, 0.717) is 29.0 Å². The van der Waals surface area contributed by atoms with Crippen molar-refractivity contribution in [2.75, 3.05) is 10.6 Å². The van der Waals surface area contributed by atoms with Crippen LogP contribution in [-0.2, 0) is 9.59 Å². The van der Waals surface area contributed by atoms with E-state index in [2.05, 4.69) is 17.6 Å². The van der Waals surface area contributed by atoms with Gasteiger partial charge in [0.25, 0.3) is 5.91 Å².